The Morgan fingerprint density at radius 2 is 1.75 bits per heavy atom. The van der Waals surface area contributed by atoms with E-state index in [1.807, 2.05) is 0 Å². The number of hydrogen-bond donors (Lipinski definition) is 1. The molecule has 0 radical (unpaired) electrons. The van der Waals surface area contributed by atoms with Gasteiger partial charge in [0.25, 0.3) is 10.0 Å². The van der Waals surface area contributed by atoms with Crippen LogP contribution in [0.4, 0.5) is 5.69 Å². The molecule has 0 saturated carbocycles. The molecule has 0 fully saturated rings. The number of hydrogen-bond acceptors (Lipinski definition) is 6. The number of imidazole rings is 1. The van der Waals surface area contributed by atoms with Crippen molar-refractivity contribution in [2.45, 2.75) is 18.7 Å². The minimum Gasteiger partial charge on any atom is -0.439 e. The number of nitrogens with one attached hydrogen (secondary N) is 1. The van der Waals surface area contributed by atoms with E-state index in [2.05, 4.69) is 19.7 Å². The van der Waals surface area contributed by atoms with Crippen LogP contribution < -0.4 is 9.46 Å². The fourth-order valence-corrected chi connectivity index (χ4v) is 4.75. The Kier molecular flexibility index (Phi) is 6.05. The van der Waals surface area contributed by atoms with Crippen LogP contribution in [-0.2, 0) is 10.0 Å². The van der Waals surface area contributed by atoms with Gasteiger partial charge in [0.2, 0.25) is 5.88 Å². The zero-order chi connectivity index (χ0) is 22.9. The smallest absolute Gasteiger partial charge is 0.263 e. The first-order chi connectivity index (χ1) is 15.2. The highest BCUT2D eigenvalue weighted by atomic mass is 35.5. The average Bonchev–Trinajstić information content (AvgIpc) is 3.26. The van der Waals surface area contributed by atoms with Crippen LogP contribution in [0.5, 0.6) is 11.6 Å². The van der Waals surface area contributed by atoms with Crippen molar-refractivity contribution in [3.63, 3.8) is 0 Å². The molecule has 4 aromatic rings. The first-order valence-electron chi connectivity index (χ1n) is 9.32. The van der Waals surface area contributed by atoms with E-state index in [0.29, 0.717) is 39.5 Å². The third-order valence-electron chi connectivity index (χ3n) is 4.40. The molecule has 1 N–H and O–H groups in total. The Balaban J connectivity index is 1.52. The number of aryl methyl sites for hydroxylation is 2. The summed E-state index contributed by atoms with van der Waals surface area (Å²) in [6, 6.07) is 10.9. The maximum absolute atomic E-state index is 12.8. The number of benzene rings is 2. The lowest BCUT2D eigenvalue weighted by atomic mass is 10.2. The van der Waals surface area contributed by atoms with E-state index in [9.17, 15) is 8.42 Å². The van der Waals surface area contributed by atoms with Crippen molar-refractivity contribution in [3.05, 3.63) is 82.6 Å². The SMILES string of the molecule is Cc1nc(Oc2ccc(NS(=O)(=O)c3cc(C)c(Cl)cc3Cl)cc2)cc(-n2ccnc2)n1. The molecule has 0 aliphatic rings. The van der Waals surface area contributed by atoms with Gasteiger partial charge in [0.05, 0.1) is 5.02 Å². The summed E-state index contributed by atoms with van der Waals surface area (Å²) in [6.45, 7) is 3.46. The minimum atomic E-state index is -3.90. The Labute approximate surface area is 194 Å². The van der Waals surface area contributed by atoms with Gasteiger partial charge in [-0.3, -0.25) is 9.29 Å². The molecule has 0 amide bonds. The summed E-state index contributed by atoms with van der Waals surface area (Å²) in [5.41, 5.74) is 0.953. The molecule has 0 unspecified atom stereocenters. The van der Waals surface area contributed by atoms with Gasteiger partial charge in [0, 0.05) is 29.2 Å². The molecule has 8 nitrogen and oxygen atoms in total. The van der Waals surface area contributed by atoms with E-state index in [1.165, 1.54) is 12.1 Å². The summed E-state index contributed by atoms with van der Waals surface area (Å²) in [5, 5.41) is 0.437. The van der Waals surface area contributed by atoms with Crippen molar-refractivity contribution in [1.82, 2.24) is 19.5 Å². The molecule has 4 rings (SSSR count). The van der Waals surface area contributed by atoms with Gasteiger partial charge in [-0.25, -0.2) is 18.4 Å². The highest BCUT2D eigenvalue weighted by Crippen LogP contribution is 2.30. The molecule has 0 atom stereocenters. The van der Waals surface area contributed by atoms with Crippen molar-refractivity contribution < 1.29 is 13.2 Å². The topological polar surface area (TPSA) is 99.0 Å². The van der Waals surface area contributed by atoms with E-state index < -0.39 is 10.0 Å². The summed E-state index contributed by atoms with van der Waals surface area (Å²) < 4.78 is 35.6. The van der Waals surface area contributed by atoms with E-state index in [-0.39, 0.29) is 9.92 Å². The van der Waals surface area contributed by atoms with E-state index in [0.717, 1.165) is 0 Å². The van der Waals surface area contributed by atoms with Gasteiger partial charge in [0.15, 0.2) is 0 Å². The standard InChI is InChI=1S/C21H17Cl2N5O3S/c1-13-9-19(18(23)10-17(13)22)32(29,30)27-15-3-5-16(6-4-15)31-21-11-20(25-14(2)26-21)28-8-7-24-12-28/h3-12,27H,1-2H3. The monoisotopic (exact) mass is 489 g/mol. The zero-order valence-electron chi connectivity index (χ0n) is 17.0. The number of anilines is 1. The maximum atomic E-state index is 12.8. The van der Waals surface area contributed by atoms with Crippen LogP contribution in [0.2, 0.25) is 10.0 Å². The van der Waals surface area contributed by atoms with Crippen LogP contribution in [0.1, 0.15) is 11.4 Å². The second-order valence-electron chi connectivity index (χ2n) is 6.85. The molecule has 2 aromatic heterocycles. The Morgan fingerprint density at radius 1 is 1.00 bits per heavy atom. The first kappa shape index (κ1) is 22.1. The van der Waals surface area contributed by atoms with Crippen molar-refractivity contribution in [3.8, 4) is 17.4 Å². The summed E-state index contributed by atoms with van der Waals surface area (Å²) in [7, 11) is -3.90. The lowest BCUT2D eigenvalue weighted by Crippen LogP contribution is -2.13. The summed E-state index contributed by atoms with van der Waals surface area (Å²) in [4.78, 5) is 12.6. The molecule has 2 heterocycles. The zero-order valence-corrected chi connectivity index (χ0v) is 19.3. The number of rotatable bonds is 6. The van der Waals surface area contributed by atoms with Gasteiger partial charge in [-0.2, -0.15) is 4.98 Å². The van der Waals surface area contributed by atoms with Crippen LogP contribution in [0, 0.1) is 13.8 Å². The Hall–Kier alpha value is -3.14. The number of nitrogens with zero attached hydrogens (tertiary/aromatic N) is 4. The number of sulfonamides is 1. The van der Waals surface area contributed by atoms with Crippen LogP contribution in [0.3, 0.4) is 0 Å². The van der Waals surface area contributed by atoms with Gasteiger partial charge in [-0.15, -0.1) is 0 Å². The van der Waals surface area contributed by atoms with Gasteiger partial charge in [0.1, 0.15) is 28.6 Å². The molecule has 32 heavy (non-hydrogen) atoms. The van der Waals surface area contributed by atoms with Gasteiger partial charge < -0.3 is 4.74 Å². The lowest BCUT2D eigenvalue weighted by molar-refractivity contribution is 0.459. The van der Waals surface area contributed by atoms with Crippen LogP contribution >= 0.6 is 23.2 Å². The maximum Gasteiger partial charge on any atom is 0.263 e. The summed E-state index contributed by atoms with van der Waals surface area (Å²) in [6.07, 6.45) is 5.04. The molecule has 164 valence electrons. The minimum absolute atomic E-state index is 0.0425. The first-order valence-corrected chi connectivity index (χ1v) is 11.6. The van der Waals surface area contributed by atoms with Crippen LogP contribution in [0.25, 0.3) is 5.82 Å². The normalized spacial score (nSPS) is 11.4. The Morgan fingerprint density at radius 3 is 2.44 bits per heavy atom. The molecule has 11 heteroatoms. The van der Waals surface area contributed by atoms with Crippen molar-refractivity contribution in [2.75, 3.05) is 4.72 Å². The van der Waals surface area contributed by atoms with Crippen molar-refractivity contribution >= 4 is 38.9 Å². The lowest BCUT2D eigenvalue weighted by Gasteiger charge is -2.12. The predicted octanol–water partition coefficient (Wildman–Crippen LogP) is 5.18. The van der Waals surface area contributed by atoms with E-state index in [4.69, 9.17) is 27.9 Å². The quantitative estimate of drug-likeness (QED) is 0.400. The number of ether oxygens (including phenoxy) is 1. The fourth-order valence-electron chi connectivity index (χ4n) is 2.86. The number of aromatic nitrogens is 4. The predicted molar refractivity (Wildman–Crippen MR) is 122 cm³/mol. The average molecular weight is 490 g/mol. The van der Waals surface area contributed by atoms with E-state index >= 15 is 0 Å². The molecule has 0 aliphatic carbocycles. The molecule has 0 spiro atoms. The van der Waals surface area contributed by atoms with Gasteiger partial charge >= 0.3 is 0 Å². The van der Waals surface area contributed by atoms with Crippen LogP contribution in [0.15, 0.2) is 66.1 Å². The second-order valence-corrected chi connectivity index (χ2v) is 9.31. The van der Waals surface area contributed by atoms with Crippen molar-refractivity contribution in [2.24, 2.45) is 0 Å². The highest BCUT2D eigenvalue weighted by Gasteiger charge is 2.19. The van der Waals surface area contributed by atoms with Crippen molar-refractivity contribution in [1.29, 1.82) is 0 Å². The molecule has 0 aliphatic heterocycles. The summed E-state index contributed by atoms with van der Waals surface area (Å²) in [5.74, 6) is 1.97. The van der Waals surface area contributed by atoms with Gasteiger partial charge in [-0.1, -0.05) is 23.2 Å². The second kappa shape index (κ2) is 8.78. The van der Waals surface area contributed by atoms with E-state index in [1.54, 1.807) is 67.5 Å². The summed E-state index contributed by atoms with van der Waals surface area (Å²) >= 11 is 12.1. The third-order valence-corrected chi connectivity index (χ3v) is 6.65. The third kappa shape index (κ3) is 4.85. The molecular weight excluding hydrogens is 473 g/mol. The number of halogens is 2. The molecule has 2 aromatic carbocycles. The van der Waals surface area contributed by atoms with Crippen LogP contribution in [-0.4, -0.2) is 27.9 Å². The fraction of sp³-hybridized carbons (Fsp3) is 0.0952. The largest absolute Gasteiger partial charge is 0.439 e. The highest BCUT2D eigenvalue weighted by molar-refractivity contribution is 7.92. The molecular formula is C21H17Cl2N5O3S. The van der Waals surface area contributed by atoms with Gasteiger partial charge in [-0.05, 0) is 55.8 Å². The molecule has 0 bridgehead atoms. The Bertz CT molecular complexity index is 1380. The molecule has 0 saturated heterocycles.